The Hall–Kier alpha value is -1.91. The molecule has 0 amide bonds. The Morgan fingerprint density at radius 1 is 1.14 bits per heavy atom. The molecule has 1 N–H and O–H groups in total. The highest BCUT2D eigenvalue weighted by Crippen LogP contribution is 2.34. The Morgan fingerprint density at radius 2 is 1.90 bits per heavy atom. The van der Waals surface area contributed by atoms with Gasteiger partial charge in [0.05, 0.1) is 10.7 Å². The van der Waals surface area contributed by atoms with Crippen molar-refractivity contribution in [2.45, 2.75) is 0 Å². The van der Waals surface area contributed by atoms with Crippen LogP contribution in [-0.2, 0) is 0 Å². The van der Waals surface area contributed by atoms with Crippen LogP contribution in [0.15, 0.2) is 53.0 Å². The highest BCUT2D eigenvalue weighted by molar-refractivity contribution is 9.10. The van der Waals surface area contributed by atoms with Gasteiger partial charge in [0.2, 0.25) is 0 Å². The van der Waals surface area contributed by atoms with Crippen molar-refractivity contribution in [1.82, 2.24) is 4.98 Å². The predicted molar refractivity (Wildman–Crippen MR) is 86.8 cm³/mol. The van der Waals surface area contributed by atoms with Gasteiger partial charge in [-0.15, -0.1) is 0 Å². The van der Waals surface area contributed by atoms with Gasteiger partial charge in [-0.2, -0.15) is 0 Å². The molecule has 3 aromatic rings. The molecule has 0 fully saturated rings. The fourth-order valence-corrected chi connectivity index (χ4v) is 2.76. The first-order valence-corrected chi connectivity index (χ1v) is 7.32. The minimum Gasteiger partial charge on any atom is -0.477 e. The van der Waals surface area contributed by atoms with Crippen LogP contribution in [0.5, 0.6) is 0 Å². The number of carboxylic acids is 1. The number of halogens is 2. The second-order valence-electron chi connectivity index (χ2n) is 4.51. The van der Waals surface area contributed by atoms with Crippen LogP contribution >= 0.6 is 27.5 Å². The molecule has 1 heterocycles. The molecule has 21 heavy (non-hydrogen) atoms. The largest absolute Gasteiger partial charge is 0.477 e. The number of nitrogens with zero attached hydrogens (tertiary/aromatic N) is 1. The van der Waals surface area contributed by atoms with Crippen LogP contribution in [0.1, 0.15) is 10.5 Å². The van der Waals surface area contributed by atoms with E-state index in [0.717, 1.165) is 15.2 Å². The van der Waals surface area contributed by atoms with Gasteiger partial charge in [-0.3, -0.25) is 0 Å². The number of carbonyl (C=O) groups is 1. The van der Waals surface area contributed by atoms with E-state index in [1.807, 2.05) is 36.4 Å². The summed E-state index contributed by atoms with van der Waals surface area (Å²) in [4.78, 5) is 15.5. The van der Waals surface area contributed by atoms with Crippen LogP contribution in [0.2, 0.25) is 5.02 Å². The molecule has 1 aromatic heterocycles. The van der Waals surface area contributed by atoms with E-state index < -0.39 is 5.97 Å². The van der Waals surface area contributed by atoms with E-state index in [-0.39, 0.29) is 5.69 Å². The average molecular weight is 363 g/mol. The lowest BCUT2D eigenvalue weighted by molar-refractivity contribution is 0.0691. The van der Waals surface area contributed by atoms with Gasteiger partial charge in [0.1, 0.15) is 5.69 Å². The number of aromatic carboxylic acids is 1. The second kappa shape index (κ2) is 5.47. The fourth-order valence-electron chi connectivity index (χ4n) is 2.19. The Morgan fingerprint density at radius 3 is 2.67 bits per heavy atom. The topological polar surface area (TPSA) is 50.2 Å². The van der Waals surface area contributed by atoms with E-state index in [2.05, 4.69) is 20.9 Å². The molecule has 0 spiro atoms. The van der Waals surface area contributed by atoms with Crippen molar-refractivity contribution in [3.63, 3.8) is 0 Å². The Kier molecular flexibility index (Phi) is 3.66. The summed E-state index contributed by atoms with van der Waals surface area (Å²) in [6, 6.07) is 14.5. The van der Waals surface area contributed by atoms with E-state index in [1.54, 1.807) is 12.1 Å². The van der Waals surface area contributed by atoms with Crippen molar-refractivity contribution in [2.24, 2.45) is 0 Å². The monoisotopic (exact) mass is 361 g/mol. The molecular weight excluding hydrogens is 354 g/mol. The molecule has 5 heteroatoms. The zero-order valence-electron chi connectivity index (χ0n) is 10.7. The zero-order chi connectivity index (χ0) is 15.0. The summed E-state index contributed by atoms with van der Waals surface area (Å²) in [6.07, 6.45) is 0. The van der Waals surface area contributed by atoms with E-state index in [1.165, 1.54) is 0 Å². The first kappa shape index (κ1) is 14.0. The van der Waals surface area contributed by atoms with Crippen molar-refractivity contribution in [3.8, 4) is 11.3 Å². The standard InChI is InChI=1S/C16H9BrClNO2/c17-10-5-6-13(18)12(8-10)15-11-4-2-1-3-9(11)7-14(19-15)16(20)21/h1-8H,(H,20,21). The number of hydrogen-bond donors (Lipinski definition) is 1. The number of carboxylic acid groups (broad SMARTS) is 1. The highest BCUT2D eigenvalue weighted by atomic mass is 79.9. The highest BCUT2D eigenvalue weighted by Gasteiger charge is 2.14. The van der Waals surface area contributed by atoms with Gasteiger partial charge in [0.25, 0.3) is 0 Å². The third-order valence-corrected chi connectivity index (χ3v) is 3.97. The lowest BCUT2D eigenvalue weighted by atomic mass is 10.0. The second-order valence-corrected chi connectivity index (χ2v) is 5.83. The van der Waals surface area contributed by atoms with Crippen LogP contribution in [-0.4, -0.2) is 16.1 Å². The predicted octanol–water partition coefficient (Wildman–Crippen LogP) is 5.02. The summed E-state index contributed by atoms with van der Waals surface area (Å²) >= 11 is 9.66. The first-order valence-electron chi connectivity index (χ1n) is 6.15. The van der Waals surface area contributed by atoms with Crippen LogP contribution in [0.25, 0.3) is 22.0 Å². The van der Waals surface area contributed by atoms with Crippen LogP contribution in [0, 0.1) is 0 Å². The molecule has 0 bridgehead atoms. The number of fused-ring (bicyclic) bond motifs is 1. The molecule has 0 radical (unpaired) electrons. The molecule has 0 saturated carbocycles. The van der Waals surface area contributed by atoms with Gasteiger partial charge in [-0.05, 0) is 29.7 Å². The van der Waals surface area contributed by atoms with E-state index in [9.17, 15) is 9.90 Å². The SMILES string of the molecule is O=C(O)c1cc2ccccc2c(-c2cc(Br)ccc2Cl)n1. The van der Waals surface area contributed by atoms with Gasteiger partial charge in [-0.25, -0.2) is 9.78 Å². The molecule has 0 saturated heterocycles. The molecule has 0 unspecified atom stereocenters. The Balaban J connectivity index is 2.40. The van der Waals surface area contributed by atoms with E-state index in [4.69, 9.17) is 11.6 Å². The van der Waals surface area contributed by atoms with Crippen molar-refractivity contribution in [3.05, 3.63) is 63.7 Å². The van der Waals surface area contributed by atoms with E-state index >= 15 is 0 Å². The van der Waals surface area contributed by atoms with E-state index in [0.29, 0.717) is 16.3 Å². The zero-order valence-corrected chi connectivity index (χ0v) is 13.0. The molecule has 0 atom stereocenters. The molecule has 3 rings (SSSR count). The van der Waals surface area contributed by atoms with Crippen LogP contribution in [0.4, 0.5) is 0 Å². The fraction of sp³-hybridized carbons (Fsp3) is 0. The normalized spacial score (nSPS) is 10.8. The van der Waals surface area contributed by atoms with Gasteiger partial charge in [0.15, 0.2) is 0 Å². The number of rotatable bonds is 2. The number of benzene rings is 2. The summed E-state index contributed by atoms with van der Waals surface area (Å²) in [6.45, 7) is 0. The maximum absolute atomic E-state index is 11.3. The maximum Gasteiger partial charge on any atom is 0.354 e. The molecule has 0 aliphatic carbocycles. The summed E-state index contributed by atoms with van der Waals surface area (Å²) in [5, 5.41) is 11.4. The lowest BCUT2D eigenvalue weighted by Gasteiger charge is -2.10. The molecule has 2 aromatic carbocycles. The van der Waals surface area contributed by atoms with Crippen molar-refractivity contribution in [2.75, 3.05) is 0 Å². The van der Waals surface area contributed by atoms with Crippen LogP contribution in [0.3, 0.4) is 0 Å². The third-order valence-electron chi connectivity index (χ3n) is 3.14. The smallest absolute Gasteiger partial charge is 0.354 e. The van der Waals surface area contributed by atoms with Crippen molar-refractivity contribution in [1.29, 1.82) is 0 Å². The number of pyridine rings is 1. The number of hydrogen-bond acceptors (Lipinski definition) is 2. The van der Waals surface area contributed by atoms with Crippen molar-refractivity contribution >= 4 is 44.3 Å². The van der Waals surface area contributed by atoms with Gasteiger partial charge < -0.3 is 5.11 Å². The molecule has 0 aliphatic rings. The Bertz CT molecular complexity index is 864. The molecular formula is C16H9BrClNO2. The molecule has 104 valence electrons. The van der Waals surface area contributed by atoms with Gasteiger partial charge in [-0.1, -0.05) is 51.8 Å². The van der Waals surface area contributed by atoms with Gasteiger partial charge in [0, 0.05) is 15.4 Å². The summed E-state index contributed by atoms with van der Waals surface area (Å²) in [5.74, 6) is -1.06. The maximum atomic E-state index is 11.3. The summed E-state index contributed by atoms with van der Waals surface area (Å²) in [7, 11) is 0. The Labute approximate surface area is 134 Å². The minimum absolute atomic E-state index is 0.000239. The van der Waals surface area contributed by atoms with Gasteiger partial charge >= 0.3 is 5.97 Å². The lowest BCUT2D eigenvalue weighted by Crippen LogP contribution is -2.02. The minimum atomic E-state index is -1.06. The van der Waals surface area contributed by atoms with Crippen molar-refractivity contribution < 1.29 is 9.90 Å². The quantitative estimate of drug-likeness (QED) is 0.696. The molecule has 0 aliphatic heterocycles. The molecule has 3 nitrogen and oxygen atoms in total. The average Bonchev–Trinajstić information content (AvgIpc) is 2.48. The number of aromatic nitrogens is 1. The summed E-state index contributed by atoms with van der Waals surface area (Å²) in [5.41, 5.74) is 1.27. The van der Waals surface area contributed by atoms with Crippen LogP contribution < -0.4 is 0 Å². The third kappa shape index (κ3) is 2.64. The summed E-state index contributed by atoms with van der Waals surface area (Å²) < 4.78 is 0.855. The first-order chi connectivity index (χ1) is 10.1.